The summed E-state index contributed by atoms with van der Waals surface area (Å²) in [6.07, 6.45) is 5.60. The first kappa shape index (κ1) is 23.6. The molecule has 42 heavy (non-hydrogen) atoms. The predicted molar refractivity (Wildman–Crippen MR) is 179 cm³/mol. The van der Waals surface area contributed by atoms with Crippen LogP contribution in [-0.4, -0.2) is 0 Å². The van der Waals surface area contributed by atoms with Crippen LogP contribution in [0, 0.1) is 0 Å². The van der Waals surface area contributed by atoms with Gasteiger partial charge < -0.3 is 4.42 Å². The average molecular weight is 537 g/mol. The van der Waals surface area contributed by atoms with E-state index in [0.717, 1.165) is 17.6 Å². The fourth-order valence-corrected chi connectivity index (χ4v) is 7.28. The quantitative estimate of drug-likeness (QED) is 0.200. The SMILES string of the molecule is CC1CC=Cc2cc3oc4ccc(-c5c6ccccc6c(-c6cccc7ccccc67)c6ccccc56)cc4c3cc21. The Bertz CT molecular complexity index is 2340. The van der Waals surface area contributed by atoms with Crippen molar-refractivity contribution in [3.05, 3.63) is 139 Å². The number of rotatable bonds is 2. The zero-order valence-corrected chi connectivity index (χ0v) is 23.4. The van der Waals surface area contributed by atoms with E-state index >= 15 is 0 Å². The average Bonchev–Trinajstić information content (AvgIpc) is 3.39. The molecule has 0 spiro atoms. The lowest BCUT2D eigenvalue weighted by Crippen LogP contribution is -1.99. The van der Waals surface area contributed by atoms with Crippen LogP contribution in [0.25, 0.3) is 82.6 Å². The second-order valence-electron chi connectivity index (χ2n) is 11.7. The molecule has 9 rings (SSSR count). The Kier molecular flexibility index (Phi) is 5.01. The van der Waals surface area contributed by atoms with Crippen LogP contribution in [0.15, 0.2) is 132 Å². The zero-order valence-electron chi connectivity index (χ0n) is 23.4. The van der Waals surface area contributed by atoms with Gasteiger partial charge in [-0.15, -0.1) is 0 Å². The fourth-order valence-electron chi connectivity index (χ4n) is 7.28. The van der Waals surface area contributed by atoms with Gasteiger partial charge in [0.15, 0.2) is 0 Å². The molecule has 0 saturated heterocycles. The van der Waals surface area contributed by atoms with E-state index in [1.54, 1.807) is 0 Å². The van der Waals surface area contributed by atoms with Crippen molar-refractivity contribution >= 4 is 60.3 Å². The maximum Gasteiger partial charge on any atom is 0.136 e. The first-order chi connectivity index (χ1) is 20.7. The van der Waals surface area contributed by atoms with E-state index < -0.39 is 0 Å². The van der Waals surface area contributed by atoms with Gasteiger partial charge in [-0.1, -0.05) is 116 Å². The molecule has 1 aromatic heterocycles. The normalized spacial score (nSPS) is 14.8. The first-order valence-electron chi connectivity index (χ1n) is 14.8. The highest BCUT2D eigenvalue weighted by Crippen LogP contribution is 2.46. The fraction of sp³-hybridized carbons (Fsp3) is 0.0732. The number of fused-ring (bicyclic) bond motifs is 7. The predicted octanol–water partition coefficient (Wildman–Crippen LogP) is 11.9. The van der Waals surface area contributed by atoms with Gasteiger partial charge in [-0.25, -0.2) is 0 Å². The summed E-state index contributed by atoms with van der Waals surface area (Å²) >= 11 is 0. The topological polar surface area (TPSA) is 13.1 Å². The van der Waals surface area contributed by atoms with Gasteiger partial charge in [0.25, 0.3) is 0 Å². The molecule has 1 nitrogen and oxygen atoms in total. The van der Waals surface area contributed by atoms with Crippen LogP contribution in [0.1, 0.15) is 30.4 Å². The summed E-state index contributed by atoms with van der Waals surface area (Å²) in [5, 5.41) is 10.00. The number of hydrogen-bond acceptors (Lipinski definition) is 1. The van der Waals surface area contributed by atoms with E-state index in [4.69, 9.17) is 4.42 Å². The molecule has 1 aliphatic carbocycles. The molecule has 7 aromatic carbocycles. The molecule has 0 fully saturated rings. The van der Waals surface area contributed by atoms with Crippen molar-refractivity contribution in [3.63, 3.8) is 0 Å². The van der Waals surface area contributed by atoms with Crippen LogP contribution in [0.5, 0.6) is 0 Å². The van der Waals surface area contributed by atoms with Crippen molar-refractivity contribution in [1.82, 2.24) is 0 Å². The van der Waals surface area contributed by atoms with Gasteiger partial charge in [0.1, 0.15) is 11.2 Å². The Hall–Kier alpha value is -5.14. The molecule has 1 aliphatic rings. The van der Waals surface area contributed by atoms with E-state index in [0.29, 0.717) is 5.92 Å². The van der Waals surface area contributed by atoms with Gasteiger partial charge in [0, 0.05) is 10.8 Å². The van der Waals surface area contributed by atoms with E-state index in [2.05, 4.69) is 140 Å². The van der Waals surface area contributed by atoms with Crippen molar-refractivity contribution in [1.29, 1.82) is 0 Å². The van der Waals surface area contributed by atoms with E-state index in [1.165, 1.54) is 76.5 Å². The maximum absolute atomic E-state index is 6.40. The molecule has 0 radical (unpaired) electrons. The maximum atomic E-state index is 6.40. The second-order valence-corrected chi connectivity index (χ2v) is 11.7. The van der Waals surface area contributed by atoms with Gasteiger partial charge in [0.05, 0.1) is 0 Å². The lowest BCUT2D eigenvalue weighted by Gasteiger charge is -2.19. The van der Waals surface area contributed by atoms with Gasteiger partial charge in [-0.2, -0.15) is 0 Å². The van der Waals surface area contributed by atoms with E-state index in [9.17, 15) is 0 Å². The number of benzene rings is 7. The molecule has 1 heteroatoms. The molecule has 1 unspecified atom stereocenters. The Morgan fingerprint density at radius 2 is 1.19 bits per heavy atom. The van der Waals surface area contributed by atoms with E-state index in [1.807, 2.05) is 0 Å². The summed E-state index contributed by atoms with van der Waals surface area (Å²) in [6.45, 7) is 2.32. The van der Waals surface area contributed by atoms with Crippen molar-refractivity contribution < 1.29 is 4.42 Å². The lowest BCUT2D eigenvalue weighted by atomic mass is 9.84. The smallest absolute Gasteiger partial charge is 0.136 e. The molecule has 0 bridgehead atoms. The number of furan rings is 1. The monoisotopic (exact) mass is 536 g/mol. The molecular weight excluding hydrogens is 508 g/mol. The molecule has 0 saturated carbocycles. The van der Waals surface area contributed by atoms with Crippen LogP contribution in [0.3, 0.4) is 0 Å². The third-order valence-electron chi connectivity index (χ3n) is 9.27. The lowest BCUT2D eigenvalue weighted by molar-refractivity contribution is 0.668. The zero-order chi connectivity index (χ0) is 27.8. The van der Waals surface area contributed by atoms with Gasteiger partial charge in [-0.05, 0) is 102 Å². The van der Waals surface area contributed by atoms with Gasteiger partial charge in [-0.3, -0.25) is 0 Å². The molecule has 1 atom stereocenters. The minimum absolute atomic E-state index is 0.511. The highest BCUT2D eigenvalue weighted by molar-refractivity contribution is 6.24. The number of allylic oxidation sites excluding steroid dienone is 1. The summed E-state index contributed by atoms with van der Waals surface area (Å²) in [4.78, 5) is 0. The Balaban J connectivity index is 1.37. The van der Waals surface area contributed by atoms with Crippen LogP contribution in [0.2, 0.25) is 0 Å². The van der Waals surface area contributed by atoms with Crippen LogP contribution in [0.4, 0.5) is 0 Å². The summed E-state index contributed by atoms with van der Waals surface area (Å²) in [5.41, 5.74) is 9.65. The summed E-state index contributed by atoms with van der Waals surface area (Å²) < 4.78 is 6.40. The van der Waals surface area contributed by atoms with Gasteiger partial charge in [0.2, 0.25) is 0 Å². The molecule has 0 N–H and O–H groups in total. The highest BCUT2D eigenvalue weighted by atomic mass is 16.3. The Labute approximate surface area is 244 Å². The number of hydrogen-bond donors (Lipinski definition) is 0. The van der Waals surface area contributed by atoms with Gasteiger partial charge >= 0.3 is 0 Å². The molecular formula is C41H28O. The molecule has 0 amide bonds. The second kappa shape index (κ2) is 8.93. The Morgan fingerprint density at radius 3 is 1.95 bits per heavy atom. The van der Waals surface area contributed by atoms with Crippen LogP contribution >= 0.6 is 0 Å². The van der Waals surface area contributed by atoms with Crippen LogP contribution in [-0.2, 0) is 0 Å². The van der Waals surface area contributed by atoms with Crippen molar-refractivity contribution in [2.24, 2.45) is 0 Å². The largest absolute Gasteiger partial charge is 0.456 e. The summed E-state index contributed by atoms with van der Waals surface area (Å²) in [5.74, 6) is 0.511. The summed E-state index contributed by atoms with van der Waals surface area (Å²) in [6, 6.07) is 44.5. The minimum atomic E-state index is 0.511. The molecule has 0 aliphatic heterocycles. The van der Waals surface area contributed by atoms with Crippen molar-refractivity contribution in [2.45, 2.75) is 19.3 Å². The van der Waals surface area contributed by atoms with Crippen LogP contribution < -0.4 is 0 Å². The highest BCUT2D eigenvalue weighted by Gasteiger charge is 2.20. The molecule has 8 aromatic rings. The van der Waals surface area contributed by atoms with E-state index in [-0.39, 0.29) is 0 Å². The third-order valence-corrected chi connectivity index (χ3v) is 9.27. The first-order valence-corrected chi connectivity index (χ1v) is 14.8. The molecule has 1 heterocycles. The van der Waals surface area contributed by atoms with Crippen molar-refractivity contribution in [3.8, 4) is 22.3 Å². The minimum Gasteiger partial charge on any atom is -0.456 e. The molecule has 198 valence electrons. The van der Waals surface area contributed by atoms with Crippen molar-refractivity contribution in [2.75, 3.05) is 0 Å². The Morgan fingerprint density at radius 1 is 0.548 bits per heavy atom. The standard InChI is InChI=1S/C41H28O/c1-25-10-8-13-27-23-39-37(24-35(25)27)36-22-28(20-21-38(36)42-39)40-31-15-4-6-17-33(31)41(34-18-7-5-16-32(34)40)30-19-9-12-26-11-2-3-14-29(26)30/h2-9,11-25H,10H2,1H3. The summed E-state index contributed by atoms with van der Waals surface area (Å²) in [7, 11) is 0. The third kappa shape index (κ3) is 3.37.